The average Bonchev–Trinajstić information content (AvgIpc) is 2.59. The van der Waals surface area contributed by atoms with E-state index in [0.29, 0.717) is 5.02 Å². The Morgan fingerprint density at radius 3 is 2.58 bits per heavy atom. The van der Waals surface area contributed by atoms with Gasteiger partial charge in [-0.05, 0) is 42.8 Å². The highest BCUT2D eigenvalue weighted by molar-refractivity contribution is 6.30. The topological polar surface area (TPSA) is 47.6 Å². The molecule has 0 unspecified atom stereocenters. The normalized spacial score (nSPS) is 13.2. The van der Waals surface area contributed by atoms with Crippen LogP contribution in [0.5, 0.6) is 5.75 Å². The molecule has 0 saturated carbocycles. The molecule has 2 aromatic carbocycles. The maximum absolute atomic E-state index is 13.7. The van der Waals surface area contributed by atoms with Crippen molar-refractivity contribution in [2.75, 3.05) is 20.8 Å². The molecule has 2 aromatic rings. The Bertz CT molecular complexity index is 738. The molecule has 1 N–H and O–H groups in total. The van der Waals surface area contributed by atoms with Gasteiger partial charge in [-0.2, -0.15) is 0 Å². The van der Waals surface area contributed by atoms with Crippen molar-refractivity contribution in [3.05, 3.63) is 64.4 Å². The first-order valence-electron chi connectivity index (χ1n) is 7.32. The molecule has 0 aromatic heterocycles. The highest BCUT2D eigenvalue weighted by Crippen LogP contribution is 2.26. The number of amides is 1. The molecule has 128 valence electrons. The van der Waals surface area contributed by atoms with Crippen LogP contribution >= 0.6 is 11.6 Å². The van der Waals surface area contributed by atoms with E-state index in [1.165, 1.54) is 19.2 Å². The average molecular weight is 352 g/mol. The lowest BCUT2D eigenvalue weighted by Crippen LogP contribution is -2.40. The highest BCUT2D eigenvalue weighted by atomic mass is 35.5. The maximum Gasteiger partial charge on any atom is 0.251 e. The number of ether oxygens (including phenoxy) is 2. The molecule has 1 atom stereocenters. The van der Waals surface area contributed by atoms with Crippen molar-refractivity contribution >= 4 is 17.5 Å². The summed E-state index contributed by atoms with van der Waals surface area (Å²) in [5, 5.41) is 3.34. The molecule has 0 spiro atoms. The van der Waals surface area contributed by atoms with Gasteiger partial charge in [-0.1, -0.05) is 23.7 Å². The van der Waals surface area contributed by atoms with Crippen LogP contribution in [0, 0.1) is 5.82 Å². The van der Waals surface area contributed by atoms with Crippen LogP contribution in [-0.4, -0.2) is 26.7 Å². The number of carbonyl (C=O) groups excluding carboxylic acids is 1. The van der Waals surface area contributed by atoms with Gasteiger partial charge in [0.05, 0.1) is 13.7 Å². The first-order valence-corrected chi connectivity index (χ1v) is 7.70. The van der Waals surface area contributed by atoms with E-state index in [4.69, 9.17) is 21.1 Å². The van der Waals surface area contributed by atoms with E-state index in [1.807, 2.05) is 19.1 Å². The van der Waals surface area contributed by atoms with Gasteiger partial charge in [-0.15, -0.1) is 0 Å². The molecule has 0 radical (unpaired) electrons. The summed E-state index contributed by atoms with van der Waals surface area (Å²) >= 11 is 6.02. The van der Waals surface area contributed by atoms with E-state index < -0.39 is 17.3 Å². The molecule has 6 heteroatoms. The molecule has 4 nitrogen and oxygen atoms in total. The van der Waals surface area contributed by atoms with Crippen LogP contribution in [0.25, 0.3) is 0 Å². The molecule has 0 bridgehead atoms. The molecule has 24 heavy (non-hydrogen) atoms. The van der Waals surface area contributed by atoms with E-state index in [0.717, 1.165) is 11.6 Å². The van der Waals surface area contributed by atoms with Crippen LogP contribution < -0.4 is 10.1 Å². The number of rotatable bonds is 6. The lowest BCUT2D eigenvalue weighted by molar-refractivity contribution is 0.00315. The van der Waals surface area contributed by atoms with Crippen molar-refractivity contribution in [2.24, 2.45) is 0 Å². The van der Waals surface area contributed by atoms with Crippen molar-refractivity contribution in [3.63, 3.8) is 0 Å². The third-order valence-corrected chi connectivity index (χ3v) is 4.12. The van der Waals surface area contributed by atoms with Gasteiger partial charge in [0.25, 0.3) is 5.91 Å². The fourth-order valence-corrected chi connectivity index (χ4v) is 2.46. The Morgan fingerprint density at radius 1 is 1.25 bits per heavy atom. The summed E-state index contributed by atoms with van der Waals surface area (Å²) in [5.74, 6) is -0.899. The van der Waals surface area contributed by atoms with Crippen LogP contribution in [0.1, 0.15) is 22.8 Å². The number of benzene rings is 2. The van der Waals surface area contributed by atoms with Gasteiger partial charge in [0.1, 0.15) is 5.60 Å². The van der Waals surface area contributed by atoms with Gasteiger partial charge in [0, 0.05) is 17.7 Å². The van der Waals surface area contributed by atoms with Crippen LogP contribution in [0.15, 0.2) is 42.5 Å². The van der Waals surface area contributed by atoms with Crippen molar-refractivity contribution in [1.29, 1.82) is 0 Å². The molecule has 0 fully saturated rings. The number of hydrogen-bond acceptors (Lipinski definition) is 3. The largest absolute Gasteiger partial charge is 0.494 e. The van der Waals surface area contributed by atoms with Crippen molar-refractivity contribution in [1.82, 2.24) is 5.32 Å². The molecule has 0 saturated heterocycles. The van der Waals surface area contributed by atoms with E-state index in [2.05, 4.69) is 5.32 Å². The zero-order chi connectivity index (χ0) is 17.7. The summed E-state index contributed by atoms with van der Waals surface area (Å²) < 4.78 is 24.1. The minimum atomic E-state index is -0.758. The summed E-state index contributed by atoms with van der Waals surface area (Å²) in [5.41, 5.74) is 0.280. The molecular weight excluding hydrogens is 333 g/mol. The lowest BCUT2D eigenvalue weighted by Gasteiger charge is -2.29. The molecule has 2 rings (SSSR count). The number of carbonyl (C=O) groups is 1. The van der Waals surface area contributed by atoms with Crippen molar-refractivity contribution in [3.8, 4) is 5.75 Å². The third kappa shape index (κ3) is 4.04. The maximum atomic E-state index is 13.7. The third-order valence-electron chi connectivity index (χ3n) is 3.89. The van der Waals surface area contributed by atoms with Gasteiger partial charge < -0.3 is 14.8 Å². The predicted molar refractivity (Wildman–Crippen MR) is 91.1 cm³/mol. The monoisotopic (exact) mass is 351 g/mol. The number of halogens is 2. The molecular formula is C18H19ClFNO3. The zero-order valence-corrected chi connectivity index (χ0v) is 14.5. The first kappa shape index (κ1) is 18.2. The fraction of sp³-hybridized carbons (Fsp3) is 0.278. The smallest absolute Gasteiger partial charge is 0.251 e. The van der Waals surface area contributed by atoms with Gasteiger partial charge >= 0.3 is 0 Å². The van der Waals surface area contributed by atoms with Crippen molar-refractivity contribution in [2.45, 2.75) is 12.5 Å². The van der Waals surface area contributed by atoms with Gasteiger partial charge in [0.2, 0.25) is 0 Å². The Hall–Kier alpha value is -2.11. The van der Waals surface area contributed by atoms with Gasteiger partial charge in [-0.25, -0.2) is 4.39 Å². The molecule has 0 aliphatic heterocycles. The first-order chi connectivity index (χ1) is 11.4. The lowest BCUT2D eigenvalue weighted by atomic mass is 9.95. The summed E-state index contributed by atoms with van der Waals surface area (Å²) in [6.07, 6.45) is 0. The second-order valence-electron chi connectivity index (χ2n) is 5.48. The quantitative estimate of drug-likeness (QED) is 0.861. The Labute approximate surface area is 145 Å². The molecule has 1 amide bonds. The second-order valence-corrected chi connectivity index (χ2v) is 5.91. The number of hydrogen-bond donors (Lipinski definition) is 1. The van der Waals surface area contributed by atoms with E-state index in [1.54, 1.807) is 19.2 Å². The van der Waals surface area contributed by atoms with Crippen LogP contribution in [-0.2, 0) is 10.3 Å². The number of nitrogens with one attached hydrogen (secondary N) is 1. The minimum Gasteiger partial charge on any atom is -0.494 e. The van der Waals surface area contributed by atoms with Crippen LogP contribution in [0.4, 0.5) is 4.39 Å². The molecule has 0 aliphatic rings. The summed E-state index contributed by atoms with van der Waals surface area (Å²) in [6, 6.07) is 11.3. The Kier molecular flexibility index (Phi) is 5.80. The standard InChI is InChI=1S/C18H19ClFNO3/c1-18(24-3,13-5-4-6-14(19)10-13)11-21-17(22)12-7-8-16(23-2)15(20)9-12/h4-10H,11H2,1-3H3,(H,21,22)/t18-/m1/s1. The Morgan fingerprint density at radius 2 is 2.00 bits per heavy atom. The predicted octanol–water partition coefficient (Wildman–Crippen LogP) is 3.78. The highest BCUT2D eigenvalue weighted by Gasteiger charge is 2.27. The van der Waals surface area contributed by atoms with E-state index in [9.17, 15) is 9.18 Å². The molecule has 0 heterocycles. The van der Waals surface area contributed by atoms with Crippen LogP contribution in [0.3, 0.4) is 0 Å². The zero-order valence-electron chi connectivity index (χ0n) is 13.7. The van der Waals surface area contributed by atoms with Gasteiger partial charge in [0.15, 0.2) is 11.6 Å². The summed E-state index contributed by atoms with van der Waals surface area (Å²) in [7, 11) is 2.92. The Balaban J connectivity index is 2.12. The molecule has 0 aliphatic carbocycles. The van der Waals surface area contributed by atoms with Crippen LogP contribution in [0.2, 0.25) is 5.02 Å². The minimum absolute atomic E-state index is 0.0900. The van der Waals surface area contributed by atoms with Gasteiger partial charge in [-0.3, -0.25) is 4.79 Å². The fourth-order valence-electron chi connectivity index (χ4n) is 2.27. The number of methoxy groups -OCH3 is 2. The second kappa shape index (κ2) is 7.64. The summed E-state index contributed by atoms with van der Waals surface area (Å²) in [4.78, 5) is 12.3. The SMILES string of the molecule is COc1ccc(C(=O)NC[C@@](C)(OC)c2cccc(Cl)c2)cc1F. The summed E-state index contributed by atoms with van der Waals surface area (Å²) in [6.45, 7) is 2.05. The van der Waals surface area contributed by atoms with Crippen molar-refractivity contribution < 1.29 is 18.7 Å². The van der Waals surface area contributed by atoms with E-state index in [-0.39, 0.29) is 17.9 Å². The van der Waals surface area contributed by atoms with E-state index >= 15 is 0 Å².